The minimum absolute atomic E-state index is 0.156. The molecule has 1 fully saturated rings. The van der Waals surface area contributed by atoms with Gasteiger partial charge in [0.25, 0.3) is 5.56 Å². The van der Waals surface area contributed by atoms with Crippen LogP contribution in [-0.2, 0) is 0 Å². The van der Waals surface area contributed by atoms with E-state index in [4.69, 9.17) is 0 Å². The van der Waals surface area contributed by atoms with Crippen molar-refractivity contribution in [3.63, 3.8) is 0 Å². The molecule has 1 aromatic carbocycles. The largest absolute Gasteiger partial charge is 0.477 e. The molecule has 0 aliphatic heterocycles. The summed E-state index contributed by atoms with van der Waals surface area (Å²) in [6, 6.07) is 7.69. The van der Waals surface area contributed by atoms with Gasteiger partial charge in [-0.1, -0.05) is 6.07 Å². The number of carbonyl (C=O) groups is 1. The highest BCUT2D eigenvalue weighted by Crippen LogP contribution is 2.44. The molecular formula is C23H24N2O3. The standard InChI is InChI=1S/C23H24N2O3/c1-12-13(2)20(24-4)8-7-16(12)17-9-10-25-21(14(17)3)18(15-5-6-15)11-19(22(25)26)23(27)28/h7-11,15,24H,5-6H2,1-4H3,(H,27,28). The molecule has 0 unspecified atom stereocenters. The molecule has 1 aliphatic carbocycles. The Morgan fingerprint density at radius 3 is 2.36 bits per heavy atom. The van der Waals surface area contributed by atoms with Crippen molar-refractivity contribution in [2.75, 3.05) is 12.4 Å². The van der Waals surface area contributed by atoms with Crippen molar-refractivity contribution in [2.45, 2.75) is 39.5 Å². The van der Waals surface area contributed by atoms with Gasteiger partial charge >= 0.3 is 5.97 Å². The summed E-state index contributed by atoms with van der Waals surface area (Å²) in [6.45, 7) is 6.23. The van der Waals surface area contributed by atoms with Crippen LogP contribution in [0.15, 0.2) is 35.3 Å². The number of aromatic carboxylic acids is 1. The summed E-state index contributed by atoms with van der Waals surface area (Å²) in [5.41, 5.74) is 7.90. The van der Waals surface area contributed by atoms with Gasteiger partial charge < -0.3 is 10.4 Å². The van der Waals surface area contributed by atoms with Crippen LogP contribution in [-0.4, -0.2) is 22.5 Å². The first-order valence-corrected chi connectivity index (χ1v) is 9.55. The Morgan fingerprint density at radius 1 is 1.07 bits per heavy atom. The highest BCUT2D eigenvalue weighted by molar-refractivity contribution is 5.89. The molecule has 0 spiro atoms. The highest BCUT2D eigenvalue weighted by Gasteiger charge is 2.29. The Balaban J connectivity index is 2.04. The molecule has 2 aromatic heterocycles. The number of fused-ring (bicyclic) bond motifs is 1. The van der Waals surface area contributed by atoms with Crippen LogP contribution >= 0.6 is 0 Å². The van der Waals surface area contributed by atoms with Crippen LogP contribution in [0.4, 0.5) is 5.69 Å². The summed E-state index contributed by atoms with van der Waals surface area (Å²) in [5.74, 6) is -0.839. The van der Waals surface area contributed by atoms with Crippen LogP contribution in [0.3, 0.4) is 0 Å². The lowest BCUT2D eigenvalue weighted by Gasteiger charge is -2.18. The third-order valence-electron chi connectivity index (χ3n) is 6.01. The second-order valence-electron chi connectivity index (χ2n) is 7.63. The average Bonchev–Trinajstić information content (AvgIpc) is 3.50. The number of anilines is 1. The maximum absolute atomic E-state index is 12.7. The zero-order valence-electron chi connectivity index (χ0n) is 16.6. The number of pyridine rings is 2. The van der Waals surface area contributed by atoms with Crippen LogP contribution in [0.1, 0.15) is 51.4 Å². The van der Waals surface area contributed by atoms with Crippen LogP contribution in [0, 0.1) is 20.8 Å². The second kappa shape index (κ2) is 6.51. The van der Waals surface area contributed by atoms with E-state index in [2.05, 4.69) is 31.3 Å². The van der Waals surface area contributed by atoms with E-state index in [0.717, 1.165) is 46.3 Å². The monoisotopic (exact) mass is 376 g/mol. The maximum atomic E-state index is 12.7. The minimum atomic E-state index is -1.17. The molecule has 1 aliphatic rings. The summed E-state index contributed by atoms with van der Waals surface area (Å²) in [5, 5.41) is 12.7. The SMILES string of the molecule is CNc1ccc(-c2ccn3c(=O)c(C(=O)O)cc(C4CC4)c3c2C)c(C)c1C. The predicted octanol–water partition coefficient (Wildman–Crippen LogP) is 4.51. The van der Waals surface area contributed by atoms with Gasteiger partial charge in [0.15, 0.2) is 0 Å². The lowest BCUT2D eigenvalue weighted by Crippen LogP contribution is -2.23. The number of hydrogen-bond donors (Lipinski definition) is 2. The first-order chi connectivity index (χ1) is 13.3. The molecule has 0 saturated heterocycles. The van der Waals surface area contributed by atoms with Crippen LogP contribution in [0.25, 0.3) is 16.6 Å². The van der Waals surface area contributed by atoms with Crippen molar-refractivity contribution in [3.05, 3.63) is 68.6 Å². The fourth-order valence-corrected chi connectivity index (χ4v) is 4.13. The lowest BCUT2D eigenvalue weighted by molar-refractivity contribution is 0.0694. The Labute approximate surface area is 163 Å². The summed E-state index contributed by atoms with van der Waals surface area (Å²) in [7, 11) is 1.91. The van der Waals surface area contributed by atoms with Crippen LogP contribution in [0.5, 0.6) is 0 Å². The Hall–Kier alpha value is -3.08. The number of carboxylic acid groups (broad SMARTS) is 1. The van der Waals surface area contributed by atoms with E-state index in [1.165, 1.54) is 15.5 Å². The van der Waals surface area contributed by atoms with E-state index < -0.39 is 11.5 Å². The Morgan fingerprint density at radius 2 is 1.75 bits per heavy atom. The Bertz CT molecular complexity index is 1190. The predicted molar refractivity (Wildman–Crippen MR) is 112 cm³/mol. The van der Waals surface area contributed by atoms with Crippen molar-refractivity contribution in [1.82, 2.24) is 4.40 Å². The van der Waals surface area contributed by atoms with E-state index in [1.807, 2.05) is 20.0 Å². The van der Waals surface area contributed by atoms with Crippen molar-refractivity contribution in [3.8, 4) is 11.1 Å². The normalized spacial score (nSPS) is 13.7. The molecule has 3 aromatic rings. The quantitative estimate of drug-likeness (QED) is 0.703. The molecule has 28 heavy (non-hydrogen) atoms. The summed E-state index contributed by atoms with van der Waals surface area (Å²) < 4.78 is 1.51. The van der Waals surface area contributed by atoms with Gasteiger partial charge in [-0.3, -0.25) is 9.20 Å². The minimum Gasteiger partial charge on any atom is -0.477 e. The molecule has 0 atom stereocenters. The van der Waals surface area contributed by atoms with Gasteiger partial charge in [0, 0.05) is 18.9 Å². The molecule has 0 amide bonds. The number of carboxylic acids is 1. The molecule has 0 radical (unpaired) electrons. The second-order valence-corrected chi connectivity index (χ2v) is 7.63. The van der Waals surface area contributed by atoms with Gasteiger partial charge in [0.05, 0.1) is 5.52 Å². The summed E-state index contributed by atoms with van der Waals surface area (Å²) in [6.07, 6.45) is 3.79. The molecule has 5 nitrogen and oxygen atoms in total. The van der Waals surface area contributed by atoms with Crippen molar-refractivity contribution in [2.24, 2.45) is 0 Å². The average molecular weight is 376 g/mol. The molecule has 0 bridgehead atoms. The number of aryl methyl sites for hydroxylation is 1. The number of benzene rings is 1. The van der Waals surface area contributed by atoms with Gasteiger partial charge in [-0.25, -0.2) is 4.79 Å². The first kappa shape index (κ1) is 18.3. The third kappa shape index (κ3) is 2.70. The lowest BCUT2D eigenvalue weighted by atomic mass is 9.92. The number of nitrogens with zero attached hydrogens (tertiary/aromatic N) is 1. The van der Waals surface area contributed by atoms with Crippen molar-refractivity contribution >= 4 is 17.2 Å². The van der Waals surface area contributed by atoms with Gasteiger partial charge in [0.1, 0.15) is 5.56 Å². The van der Waals surface area contributed by atoms with Gasteiger partial charge in [-0.2, -0.15) is 0 Å². The molecule has 5 heteroatoms. The number of nitrogens with one attached hydrogen (secondary N) is 1. The summed E-state index contributed by atoms with van der Waals surface area (Å²) >= 11 is 0. The molecule has 2 heterocycles. The number of rotatable bonds is 4. The number of hydrogen-bond acceptors (Lipinski definition) is 3. The van der Waals surface area contributed by atoms with E-state index in [9.17, 15) is 14.7 Å². The van der Waals surface area contributed by atoms with Crippen molar-refractivity contribution < 1.29 is 9.90 Å². The first-order valence-electron chi connectivity index (χ1n) is 9.55. The van der Waals surface area contributed by atoms with E-state index in [0.29, 0.717) is 5.92 Å². The van der Waals surface area contributed by atoms with Gasteiger partial charge in [-0.05, 0) is 91.1 Å². The Kier molecular flexibility index (Phi) is 4.26. The van der Waals surface area contributed by atoms with Gasteiger partial charge in [0.2, 0.25) is 0 Å². The zero-order valence-corrected chi connectivity index (χ0v) is 16.6. The van der Waals surface area contributed by atoms with E-state index in [-0.39, 0.29) is 5.56 Å². The molecule has 1 saturated carbocycles. The van der Waals surface area contributed by atoms with Crippen LogP contribution < -0.4 is 10.9 Å². The smallest absolute Gasteiger partial charge is 0.341 e. The molecule has 2 N–H and O–H groups in total. The highest BCUT2D eigenvalue weighted by atomic mass is 16.4. The van der Waals surface area contributed by atoms with Crippen molar-refractivity contribution in [1.29, 1.82) is 0 Å². The fourth-order valence-electron chi connectivity index (χ4n) is 4.13. The molecular weight excluding hydrogens is 352 g/mol. The summed E-state index contributed by atoms with van der Waals surface area (Å²) in [4.78, 5) is 24.3. The maximum Gasteiger partial charge on any atom is 0.341 e. The molecule has 4 rings (SSSR count). The topological polar surface area (TPSA) is 70.8 Å². The van der Waals surface area contributed by atoms with Gasteiger partial charge in [-0.15, -0.1) is 0 Å². The van der Waals surface area contributed by atoms with Crippen LogP contribution in [0.2, 0.25) is 0 Å². The third-order valence-corrected chi connectivity index (χ3v) is 6.01. The fraction of sp³-hybridized carbons (Fsp3) is 0.304. The van der Waals surface area contributed by atoms with E-state index >= 15 is 0 Å². The van der Waals surface area contributed by atoms with E-state index in [1.54, 1.807) is 12.3 Å². The molecule has 144 valence electrons. The number of aromatic nitrogens is 1. The zero-order chi connectivity index (χ0) is 20.2.